The van der Waals surface area contributed by atoms with Crippen LogP contribution in [-0.4, -0.2) is 47.7 Å². The van der Waals surface area contributed by atoms with E-state index in [-0.39, 0.29) is 17.5 Å². The highest BCUT2D eigenvalue weighted by Gasteiger charge is 2.35. The molecule has 0 spiro atoms. The number of nitrogens with two attached hydrogens (primary N) is 1. The summed E-state index contributed by atoms with van der Waals surface area (Å²) in [6, 6.07) is 12.9. The number of methoxy groups -OCH3 is 1. The Morgan fingerprint density at radius 2 is 1.69 bits per heavy atom. The molecular formula is C26H27N5O4. The molecule has 0 bridgehead atoms. The van der Waals surface area contributed by atoms with E-state index in [1.807, 2.05) is 43.3 Å². The van der Waals surface area contributed by atoms with Gasteiger partial charge in [-0.15, -0.1) is 0 Å². The summed E-state index contributed by atoms with van der Waals surface area (Å²) in [5, 5.41) is 4.45. The van der Waals surface area contributed by atoms with E-state index in [0.29, 0.717) is 54.3 Å². The molecular weight excluding hydrogens is 446 g/mol. The molecule has 9 heteroatoms. The van der Waals surface area contributed by atoms with E-state index in [1.165, 1.54) is 4.68 Å². The van der Waals surface area contributed by atoms with E-state index in [1.54, 1.807) is 23.0 Å². The lowest BCUT2D eigenvalue weighted by atomic mass is 10.0. The fraction of sp³-hybridized carbons (Fsp3) is 0.308. The average molecular weight is 474 g/mol. The summed E-state index contributed by atoms with van der Waals surface area (Å²) >= 11 is 0. The SMILES string of the molecule is COc1ccc(-n2nc(C(N)=O)c3c2C(=O)N(c2ccc(N4CCCCC4=O)cc2)CC3)c(C)c1. The van der Waals surface area contributed by atoms with Gasteiger partial charge in [-0.25, -0.2) is 4.68 Å². The number of anilines is 2. The van der Waals surface area contributed by atoms with Gasteiger partial charge in [0.05, 0.1) is 12.8 Å². The Morgan fingerprint density at radius 3 is 2.31 bits per heavy atom. The van der Waals surface area contributed by atoms with E-state index < -0.39 is 5.91 Å². The molecule has 2 aliphatic rings. The van der Waals surface area contributed by atoms with Crippen LogP contribution in [0.1, 0.15) is 51.4 Å². The number of piperidine rings is 1. The minimum atomic E-state index is -0.664. The average Bonchev–Trinajstić information content (AvgIpc) is 3.25. The lowest BCUT2D eigenvalue weighted by Gasteiger charge is -2.30. The van der Waals surface area contributed by atoms with Crippen LogP contribution in [-0.2, 0) is 11.2 Å². The number of ether oxygens (including phenoxy) is 1. The van der Waals surface area contributed by atoms with Crippen LogP contribution >= 0.6 is 0 Å². The van der Waals surface area contributed by atoms with Gasteiger partial charge in [0.2, 0.25) is 5.91 Å². The van der Waals surface area contributed by atoms with E-state index in [4.69, 9.17) is 10.5 Å². The Hall–Kier alpha value is -4.14. The molecule has 1 aromatic heterocycles. The summed E-state index contributed by atoms with van der Waals surface area (Å²) in [6.45, 7) is 2.99. The summed E-state index contributed by atoms with van der Waals surface area (Å²) in [5.74, 6) is -0.116. The smallest absolute Gasteiger partial charge is 0.277 e. The molecule has 1 saturated heterocycles. The van der Waals surface area contributed by atoms with Crippen LogP contribution < -0.4 is 20.3 Å². The van der Waals surface area contributed by atoms with Crippen molar-refractivity contribution in [2.24, 2.45) is 5.73 Å². The first-order valence-corrected chi connectivity index (χ1v) is 11.7. The van der Waals surface area contributed by atoms with Crippen LogP contribution in [0.25, 0.3) is 5.69 Å². The second-order valence-electron chi connectivity index (χ2n) is 8.83. The molecule has 0 unspecified atom stereocenters. The maximum Gasteiger partial charge on any atom is 0.277 e. The Kier molecular flexibility index (Phi) is 5.76. The number of fused-ring (bicyclic) bond motifs is 1. The number of hydrogen-bond donors (Lipinski definition) is 1. The molecule has 2 N–H and O–H groups in total. The maximum absolute atomic E-state index is 13.7. The van der Waals surface area contributed by atoms with Crippen molar-refractivity contribution in [1.82, 2.24) is 9.78 Å². The molecule has 3 aromatic rings. The van der Waals surface area contributed by atoms with E-state index in [0.717, 1.165) is 24.1 Å². The first kappa shape index (κ1) is 22.6. The highest BCUT2D eigenvalue weighted by atomic mass is 16.5. The summed E-state index contributed by atoms with van der Waals surface area (Å²) in [4.78, 5) is 41.6. The zero-order valence-corrected chi connectivity index (χ0v) is 19.8. The number of benzene rings is 2. The number of nitrogens with zero attached hydrogens (tertiary/aromatic N) is 4. The number of rotatable bonds is 5. The van der Waals surface area contributed by atoms with Gasteiger partial charge in [0, 0.05) is 36.4 Å². The van der Waals surface area contributed by atoms with Crippen LogP contribution in [0.2, 0.25) is 0 Å². The third kappa shape index (κ3) is 3.92. The molecule has 35 heavy (non-hydrogen) atoms. The van der Waals surface area contributed by atoms with Crippen molar-refractivity contribution in [3.8, 4) is 11.4 Å². The predicted molar refractivity (Wildman–Crippen MR) is 131 cm³/mol. The van der Waals surface area contributed by atoms with Gasteiger partial charge >= 0.3 is 0 Å². The van der Waals surface area contributed by atoms with Crippen LogP contribution in [0.15, 0.2) is 42.5 Å². The molecule has 1 fully saturated rings. The van der Waals surface area contributed by atoms with Gasteiger partial charge in [0.25, 0.3) is 11.8 Å². The molecule has 2 aliphatic heterocycles. The van der Waals surface area contributed by atoms with Crippen LogP contribution in [0.4, 0.5) is 11.4 Å². The number of amides is 3. The molecule has 0 radical (unpaired) electrons. The Labute approximate surface area is 203 Å². The molecule has 0 saturated carbocycles. The molecule has 2 aromatic carbocycles. The summed E-state index contributed by atoms with van der Waals surface area (Å²) in [6.07, 6.45) is 2.91. The van der Waals surface area contributed by atoms with Gasteiger partial charge in [0.15, 0.2) is 5.69 Å². The second kappa shape index (κ2) is 8.90. The molecule has 3 heterocycles. The number of aromatic nitrogens is 2. The van der Waals surface area contributed by atoms with Crippen molar-refractivity contribution >= 4 is 29.1 Å². The summed E-state index contributed by atoms with van der Waals surface area (Å²) in [5.41, 5.74) is 9.67. The zero-order valence-electron chi connectivity index (χ0n) is 19.8. The van der Waals surface area contributed by atoms with E-state index >= 15 is 0 Å². The molecule has 5 rings (SSSR count). The van der Waals surface area contributed by atoms with Gasteiger partial charge in [-0.2, -0.15) is 5.10 Å². The maximum atomic E-state index is 13.7. The van der Waals surface area contributed by atoms with Crippen molar-refractivity contribution in [1.29, 1.82) is 0 Å². The molecule has 3 amide bonds. The molecule has 180 valence electrons. The fourth-order valence-electron chi connectivity index (χ4n) is 4.86. The fourth-order valence-corrected chi connectivity index (χ4v) is 4.86. The predicted octanol–water partition coefficient (Wildman–Crippen LogP) is 3.01. The van der Waals surface area contributed by atoms with Crippen molar-refractivity contribution in [2.45, 2.75) is 32.6 Å². The molecule has 0 atom stereocenters. The van der Waals surface area contributed by atoms with Gasteiger partial charge in [-0.1, -0.05) is 0 Å². The third-order valence-electron chi connectivity index (χ3n) is 6.68. The Bertz CT molecular complexity index is 1330. The Morgan fingerprint density at radius 1 is 0.971 bits per heavy atom. The number of carbonyl (C=O) groups is 3. The van der Waals surface area contributed by atoms with E-state index in [9.17, 15) is 14.4 Å². The minimum Gasteiger partial charge on any atom is -0.497 e. The normalized spacial score (nSPS) is 15.8. The monoisotopic (exact) mass is 473 g/mol. The number of aryl methyl sites for hydroxylation is 1. The summed E-state index contributed by atoms with van der Waals surface area (Å²) in [7, 11) is 1.59. The first-order chi connectivity index (χ1) is 16.9. The van der Waals surface area contributed by atoms with Crippen molar-refractivity contribution in [3.63, 3.8) is 0 Å². The number of primary amides is 1. The van der Waals surface area contributed by atoms with Crippen LogP contribution in [0.5, 0.6) is 5.75 Å². The standard InChI is InChI=1S/C26H27N5O4/c1-16-15-19(35-2)10-11-21(16)31-24-20(23(28-31)25(27)33)12-14-30(26(24)34)18-8-6-17(7-9-18)29-13-4-3-5-22(29)32/h6-11,15H,3-5,12-14H2,1-2H3,(H2,27,33). The van der Waals surface area contributed by atoms with Gasteiger partial charge < -0.3 is 20.3 Å². The largest absolute Gasteiger partial charge is 0.497 e. The lowest BCUT2D eigenvalue weighted by Crippen LogP contribution is -2.39. The quantitative estimate of drug-likeness (QED) is 0.612. The van der Waals surface area contributed by atoms with Gasteiger partial charge in [-0.3, -0.25) is 14.4 Å². The molecule has 0 aliphatic carbocycles. The highest BCUT2D eigenvalue weighted by Crippen LogP contribution is 2.32. The lowest BCUT2D eigenvalue weighted by molar-refractivity contribution is -0.119. The third-order valence-corrected chi connectivity index (χ3v) is 6.68. The summed E-state index contributed by atoms with van der Waals surface area (Å²) < 4.78 is 6.81. The Balaban J connectivity index is 1.52. The first-order valence-electron chi connectivity index (χ1n) is 11.7. The second-order valence-corrected chi connectivity index (χ2v) is 8.83. The highest BCUT2D eigenvalue weighted by molar-refractivity contribution is 6.09. The minimum absolute atomic E-state index is 0.113. The van der Waals surface area contributed by atoms with Crippen molar-refractivity contribution in [2.75, 3.05) is 30.0 Å². The van der Waals surface area contributed by atoms with Gasteiger partial charge in [0.1, 0.15) is 11.4 Å². The van der Waals surface area contributed by atoms with Crippen LogP contribution in [0, 0.1) is 6.92 Å². The van der Waals surface area contributed by atoms with E-state index in [2.05, 4.69) is 5.10 Å². The van der Waals surface area contributed by atoms with Crippen LogP contribution in [0.3, 0.4) is 0 Å². The zero-order chi connectivity index (χ0) is 24.7. The van der Waals surface area contributed by atoms with Crippen molar-refractivity contribution in [3.05, 3.63) is 65.0 Å². The number of carbonyl (C=O) groups excluding carboxylic acids is 3. The van der Waals surface area contributed by atoms with Crippen molar-refractivity contribution < 1.29 is 19.1 Å². The number of hydrogen-bond acceptors (Lipinski definition) is 5. The molecule has 9 nitrogen and oxygen atoms in total. The topological polar surface area (TPSA) is 111 Å². The van der Waals surface area contributed by atoms with Gasteiger partial charge in [-0.05, 0) is 74.2 Å².